The fourth-order valence-corrected chi connectivity index (χ4v) is 2.95. The quantitative estimate of drug-likeness (QED) is 0.857. The van der Waals surface area contributed by atoms with Gasteiger partial charge in [-0.2, -0.15) is 0 Å². The molecule has 1 aromatic heterocycles. The van der Waals surface area contributed by atoms with E-state index in [9.17, 15) is 0 Å². The van der Waals surface area contributed by atoms with Crippen molar-refractivity contribution >= 4 is 11.3 Å². The number of nitrogens with zero attached hydrogens (tertiary/aromatic N) is 1. The van der Waals surface area contributed by atoms with Crippen LogP contribution in [-0.4, -0.2) is 11.5 Å². The first-order chi connectivity index (χ1) is 9.20. The van der Waals surface area contributed by atoms with Gasteiger partial charge in [0.1, 0.15) is 0 Å². The van der Waals surface area contributed by atoms with E-state index in [1.807, 2.05) is 0 Å². The van der Waals surface area contributed by atoms with Crippen LogP contribution in [0, 0.1) is 6.92 Å². The minimum absolute atomic E-state index is 0.349. The second-order valence-electron chi connectivity index (χ2n) is 4.95. The molecule has 0 aliphatic carbocycles. The number of hydrogen-bond donors (Lipinski definition) is 1. The molecule has 0 aliphatic heterocycles. The van der Waals surface area contributed by atoms with Crippen molar-refractivity contribution in [2.24, 2.45) is 0 Å². The molecule has 0 saturated carbocycles. The highest BCUT2D eigenvalue weighted by molar-refractivity contribution is 7.09. The lowest BCUT2D eigenvalue weighted by atomic mass is 10.1. The molecule has 1 aromatic carbocycles. The smallest absolute Gasteiger partial charge is 0.0973 e. The molecule has 1 atom stereocenters. The van der Waals surface area contributed by atoms with E-state index < -0.39 is 0 Å². The molecule has 0 bridgehead atoms. The molecule has 2 rings (SSSR count). The molecule has 0 saturated heterocycles. The maximum absolute atomic E-state index is 4.76. The molecule has 19 heavy (non-hydrogen) atoms. The number of benzene rings is 1. The van der Waals surface area contributed by atoms with Gasteiger partial charge in [-0.05, 0) is 37.9 Å². The van der Waals surface area contributed by atoms with Crippen molar-refractivity contribution in [1.82, 2.24) is 10.3 Å². The zero-order valence-corrected chi connectivity index (χ0v) is 12.8. The summed E-state index contributed by atoms with van der Waals surface area (Å²) in [6.45, 7) is 7.58. The number of nitrogens with one attached hydrogen (secondary N) is 1. The summed E-state index contributed by atoms with van der Waals surface area (Å²) >= 11 is 1.76. The van der Waals surface area contributed by atoms with Crippen LogP contribution in [0.3, 0.4) is 0 Å². The third-order valence-electron chi connectivity index (χ3n) is 3.32. The summed E-state index contributed by atoms with van der Waals surface area (Å²) in [6, 6.07) is 8.89. The number of rotatable bonds is 6. The van der Waals surface area contributed by atoms with Gasteiger partial charge in [0.05, 0.1) is 10.7 Å². The van der Waals surface area contributed by atoms with Gasteiger partial charge in [0.15, 0.2) is 0 Å². The van der Waals surface area contributed by atoms with Crippen LogP contribution in [0.25, 0.3) is 0 Å². The molecule has 2 aromatic rings. The maximum Gasteiger partial charge on any atom is 0.0973 e. The Labute approximate surface area is 119 Å². The standard InChI is InChI=1S/C16H22N2S/c1-4-9-17-13(3)15-11-19-16(18-15)10-14-8-6-5-7-12(14)2/h5-8,11,13,17H,4,9-10H2,1-3H3. The molecular formula is C16H22N2S. The van der Waals surface area contributed by atoms with Crippen LogP contribution in [0.2, 0.25) is 0 Å². The van der Waals surface area contributed by atoms with Crippen LogP contribution < -0.4 is 5.32 Å². The van der Waals surface area contributed by atoms with Crippen molar-refractivity contribution in [2.45, 2.75) is 39.7 Å². The SMILES string of the molecule is CCCNC(C)c1csc(Cc2ccccc2C)n1. The minimum Gasteiger partial charge on any atom is -0.309 e. The number of aromatic nitrogens is 1. The van der Waals surface area contributed by atoms with Gasteiger partial charge in [0, 0.05) is 17.8 Å². The van der Waals surface area contributed by atoms with E-state index in [4.69, 9.17) is 4.98 Å². The topological polar surface area (TPSA) is 24.9 Å². The fourth-order valence-electron chi connectivity index (χ4n) is 2.04. The van der Waals surface area contributed by atoms with Crippen molar-refractivity contribution in [2.75, 3.05) is 6.54 Å². The highest BCUT2D eigenvalue weighted by Crippen LogP contribution is 2.20. The van der Waals surface area contributed by atoms with Gasteiger partial charge in [-0.1, -0.05) is 31.2 Å². The van der Waals surface area contributed by atoms with Crippen molar-refractivity contribution in [1.29, 1.82) is 0 Å². The Morgan fingerprint density at radius 1 is 1.32 bits per heavy atom. The van der Waals surface area contributed by atoms with E-state index in [1.54, 1.807) is 11.3 Å². The zero-order chi connectivity index (χ0) is 13.7. The highest BCUT2D eigenvalue weighted by Gasteiger charge is 2.10. The van der Waals surface area contributed by atoms with Gasteiger partial charge in [0.25, 0.3) is 0 Å². The monoisotopic (exact) mass is 274 g/mol. The van der Waals surface area contributed by atoms with Gasteiger partial charge in [-0.25, -0.2) is 4.98 Å². The van der Waals surface area contributed by atoms with Gasteiger partial charge < -0.3 is 5.32 Å². The second-order valence-corrected chi connectivity index (χ2v) is 5.89. The molecule has 0 amide bonds. The van der Waals surface area contributed by atoms with Crippen LogP contribution in [-0.2, 0) is 6.42 Å². The van der Waals surface area contributed by atoms with E-state index in [0.717, 1.165) is 19.4 Å². The van der Waals surface area contributed by atoms with E-state index in [1.165, 1.54) is 21.8 Å². The summed E-state index contributed by atoms with van der Waals surface area (Å²) in [7, 11) is 0. The van der Waals surface area contributed by atoms with Gasteiger partial charge in [0.2, 0.25) is 0 Å². The van der Waals surface area contributed by atoms with E-state index in [2.05, 4.69) is 55.7 Å². The summed E-state index contributed by atoms with van der Waals surface area (Å²) in [5.41, 5.74) is 3.89. The second kappa shape index (κ2) is 6.83. The molecule has 0 fully saturated rings. The largest absolute Gasteiger partial charge is 0.309 e. The Bertz CT molecular complexity index is 519. The molecular weight excluding hydrogens is 252 g/mol. The Morgan fingerprint density at radius 2 is 2.11 bits per heavy atom. The van der Waals surface area contributed by atoms with Crippen molar-refractivity contribution in [3.8, 4) is 0 Å². The van der Waals surface area contributed by atoms with E-state index in [0.29, 0.717) is 6.04 Å². The molecule has 1 unspecified atom stereocenters. The lowest BCUT2D eigenvalue weighted by Gasteiger charge is -2.09. The lowest BCUT2D eigenvalue weighted by Crippen LogP contribution is -2.19. The molecule has 0 radical (unpaired) electrons. The average Bonchev–Trinajstić information content (AvgIpc) is 2.87. The fraction of sp³-hybridized carbons (Fsp3) is 0.438. The normalized spacial score (nSPS) is 12.6. The first-order valence-corrected chi connectivity index (χ1v) is 7.81. The Morgan fingerprint density at radius 3 is 2.84 bits per heavy atom. The molecule has 0 aliphatic rings. The summed E-state index contributed by atoms with van der Waals surface area (Å²) < 4.78 is 0. The van der Waals surface area contributed by atoms with E-state index >= 15 is 0 Å². The van der Waals surface area contributed by atoms with Crippen molar-refractivity contribution < 1.29 is 0 Å². The Balaban J connectivity index is 2.03. The molecule has 2 nitrogen and oxygen atoms in total. The van der Waals surface area contributed by atoms with Gasteiger partial charge in [-0.3, -0.25) is 0 Å². The van der Waals surface area contributed by atoms with Crippen LogP contribution in [0.1, 0.15) is 48.1 Å². The number of hydrogen-bond acceptors (Lipinski definition) is 3. The summed E-state index contributed by atoms with van der Waals surface area (Å²) in [5.74, 6) is 0. The molecule has 3 heteroatoms. The first-order valence-electron chi connectivity index (χ1n) is 6.93. The van der Waals surface area contributed by atoms with Crippen LogP contribution in [0.4, 0.5) is 0 Å². The average molecular weight is 274 g/mol. The van der Waals surface area contributed by atoms with Crippen LogP contribution in [0.5, 0.6) is 0 Å². The number of aryl methyl sites for hydroxylation is 1. The van der Waals surface area contributed by atoms with Gasteiger partial charge in [-0.15, -0.1) is 11.3 Å². The predicted molar refractivity (Wildman–Crippen MR) is 82.8 cm³/mol. The predicted octanol–water partition coefficient (Wildman–Crippen LogP) is 4.10. The van der Waals surface area contributed by atoms with Gasteiger partial charge >= 0.3 is 0 Å². The van der Waals surface area contributed by atoms with Crippen LogP contribution in [0.15, 0.2) is 29.6 Å². The maximum atomic E-state index is 4.76. The highest BCUT2D eigenvalue weighted by atomic mass is 32.1. The van der Waals surface area contributed by atoms with E-state index in [-0.39, 0.29) is 0 Å². The Hall–Kier alpha value is -1.19. The van der Waals surface area contributed by atoms with Crippen LogP contribution >= 0.6 is 11.3 Å². The summed E-state index contributed by atoms with van der Waals surface area (Å²) in [6.07, 6.45) is 2.10. The third-order valence-corrected chi connectivity index (χ3v) is 4.18. The molecule has 1 heterocycles. The molecule has 1 N–H and O–H groups in total. The molecule has 102 valence electrons. The van der Waals surface area contributed by atoms with Crippen molar-refractivity contribution in [3.05, 3.63) is 51.5 Å². The molecule has 0 spiro atoms. The minimum atomic E-state index is 0.349. The first kappa shape index (κ1) is 14.2. The zero-order valence-electron chi connectivity index (χ0n) is 11.9. The third kappa shape index (κ3) is 3.88. The van der Waals surface area contributed by atoms with Crippen molar-refractivity contribution in [3.63, 3.8) is 0 Å². The summed E-state index contributed by atoms with van der Waals surface area (Å²) in [5, 5.41) is 6.87. The Kier molecular flexibility index (Phi) is 5.11. The summed E-state index contributed by atoms with van der Waals surface area (Å²) in [4.78, 5) is 4.76. The number of thiazole rings is 1. The lowest BCUT2D eigenvalue weighted by molar-refractivity contribution is 0.560.